The number of hydrazone groups is 1. The molecule has 8 heteroatoms. The highest BCUT2D eigenvalue weighted by atomic mass is 79.9. The Morgan fingerprint density at radius 3 is 2.62 bits per heavy atom. The summed E-state index contributed by atoms with van der Waals surface area (Å²) in [5.41, 5.74) is 4.74. The van der Waals surface area contributed by atoms with Gasteiger partial charge < -0.3 is 0 Å². The van der Waals surface area contributed by atoms with Crippen LogP contribution in [0, 0.1) is 0 Å². The Kier molecular flexibility index (Phi) is 6.39. The number of benzene rings is 2. The third-order valence-corrected chi connectivity index (χ3v) is 5.02. The smallest absolute Gasteiger partial charge is 0.266 e. The van der Waals surface area contributed by atoms with Crippen LogP contribution in [0.3, 0.4) is 0 Å². The van der Waals surface area contributed by atoms with Crippen molar-refractivity contribution in [3.63, 3.8) is 0 Å². The monoisotopic (exact) mass is 538 g/mol. The number of aromatic nitrogens is 2. The van der Waals surface area contributed by atoms with Gasteiger partial charge in [-0.15, -0.1) is 0 Å². The lowest BCUT2D eigenvalue weighted by Gasteiger charge is -2.02. The van der Waals surface area contributed by atoms with Gasteiger partial charge in [-0.05, 0) is 51.3 Å². The molecular weight excluding hydrogens is 528 g/mol. The molecule has 0 radical (unpaired) electrons. The predicted molar refractivity (Wildman–Crippen MR) is 112 cm³/mol. The molecule has 26 heavy (non-hydrogen) atoms. The minimum Gasteiger partial charge on any atom is -0.266 e. The van der Waals surface area contributed by atoms with Gasteiger partial charge >= 0.3 is 0 Å². The van der Waals surface area contributed by atoms with Crippen LogP contribution in [-0.2, 0) is 6.54 Å². The number of nitrogens with zero attached hydrogens (tertiary/aromatic N) is 3. The van der Waals surface area contributed by atoms with Crippen LogP contribution >= 0.6 is 47.8 Å². The molecule has 1 aromatic heterocycles. The van der Waals surface area contributed by atoms with Gasteiger partial charge in [0.25, 0.3) is 5.91 Å². The summed E-state index contributed by atoms with van der Waals surface area (Å²) in [4.78, 5) is 12.3. The summed E-state index contributed by atoms with van der Waals surface area (Å²) in [7, 11) is 0. The first-order valence-corrected chi connectivity index (χ1v) is 9.95. The van der Waals surface area contributed by atoms with Crippen molar-refractivity contribution in [1.82, 2.24) is 15.2 Å². The zero-order chi connectivity index (χ0) is 18.5. The second-order valence-corrected chi connectivity index (χ2v) is 8.09. The highest BCUT2D eigenvalue weighted by Gasteiger charge is 2.14. The van der Waals surface area contributed by atoms with Crippen molar-refractivity contribution in [3.8, 4) is 0 Å². The fourth-order valence-electron chi connectivity index (χ4n) is 2.21. The number of hydrogen-bond acceptors (Lipinski definition) is 3. The first-order chi connectivity index (χ1) is 12.5. The van der Waals surface area contributed by atoms with E-state index in [2.05, 4.69) is 63.4 Å². The minimum absolute atomic E-state index is 0.286. The van der Waals surface area contributed by atoms with Gasteiger partial charge in [0.15, 0.2) is 5.69 Å². The molecule has 0 saturated carbocycles. The van der Waals surface area contributed by atoms with Crippen LogP contribution in [0.25, 0.3) is 0 Å². The summed E-state index contributed by atoms with van der Waals surface area (Å²) >= 11 is 10.2. The van der Waals surface area contributed by atoms with Gasteiger partial charge in [-0.2, -0.15) is 10.2 Å². The first-order valence-electron chi connectivity index (χ1n) is 7.57. The van der Waals surface area contributed by atoms with E-state index in [1.807, 2.05) is 48.5 Å². The molecule has 0 bridgehead atoms. The van der Waals surface area contributed by atoms with Crippen molar-refractivity contribution in [2.75, 3.05) is 0 Å². The van der Waals surface area contributed by atoms with Crippen LogP contribution < -0.4 is 5.43 Å². The lowest BCUT2D eigenvalue weighted by Crippen LogP contribution is -2.19. The molecule has 3 rings (SSSR count). The third-order valence-electron chi connectivity index (χ3n) is 3.42. The quantitative estimate of drug-likeness (QED) is 0.366. The Labute approximate surface area is 175 Å². The Balaban J connectivity index is 1.66. The molecule has 1 amide bonds. The fourth-order valence-corrected chi connectivity index (χ4v) is 3.39. The Hall–Kier alpha value is -1.77. The van der Waals surface area contributed by atoms with Crippen molar-refractivity contribution >= 4 is 59.9 Å². The number of carbonyl (C=O) groups excluding carboxylic acids is 1. The van der Waals surface area contributed by atoms with Gasteiger partial charge in [0.2, 0.25) is 0 Å². The summed E-state index contributed by atoms with van der Waals surface area (Å²) in [6.45, 7) is 0.570. The van der Waals surface area contributed by atoms with E-state index >= 15 is 0 Å². The molecule has 1 N–H and O–H groups in total. The summed E-state index contributed by atoms with van der Waals surface area (Å²) in [5, 5.41) is 8.31. The van der Waals surface area contributed by atoms with E-state index < -0.39 is 0 Å². The van der Waals surface area contributed by atoms with E-state index in [0.717, 1.165) is 20.1 Å². The maximum atomic E-state index is 12.3. The molecule has 0 unspecified atom stereocenters. The number of carbonyl (C=O) groups is 1. The molecular formula is C18H13Br3N4O. The molecule has 0 aliphatic heterocycles. The van der Waals surface area contributed by atoms with E-state index in [0.29, 0.717) is 11.0 Å². The third kappa shape index (κ3) is 5.12. The molecule has 0 aliphatic rings. The number of amides is 1. The van der Waals surface area contributed by atoms with Crippen molar-refractivity contribution in [2.45, 2.75) is 6.54 Å². The average molecular weight is 541 g/mol. The normalized spacial score (nSPS) is 11.0. The van der Waals surface area contributed by atoms with Gasteiger partial charge in [0.1, 0.15) is 0 Å². The van der Waals surface area contributed by atoms with E-state index in [-0.39, 0.29) is 11.6 Å². The SMILES string of the molecule is O=C(N/N=C\c1cccc(Br)c1)c1nn(Cc2ccc(Br)cc2)cc1Br. The molecule has 0 aliphatic carbocycles. The maximum absolute atomic E-state index is 12.3. The van der Waals surface area contributed by atoms with Crippen molar-refractivity contribution in [1.29, 1.82) is 0 Å². The summed E-state index contributed by atoms with van der Waals surface area (Å²) in [6, 6.07) is 15.6. The maximum Gasteiger partial charge on any atom is 0.293 e. The molecule has 0 atom stereocenters. The molecule has 0 spiro atoms. The van der Waals surface area contributed by atoms with E-state index in [4.69, 9.17) is 0 Å². The molecule has 132 valence electrons. The van der Waals surface area contributed by atoms with Gasteiger partial charge in [-0.3, -0.25) is 9.48 Å². The minimum atomic E-state index is -0.377. The van der Waals surface area contributed by atoms with E-state index in [1.165, 1.54) is 0 Å². The van der Waals surface area contributed by atoms with Crippen molar-refractivity contribution in [2.24, 2.45) is 5.10 Å². The van der Waals surface area contributed by atoms with Crippen LogP contribution in [0.15, 0.2) is 73.2 Å². The van der Waals surface area contributed by atoms with Gasteiger partial charge in [-0.25, -0.2) is 5.43 Å². The van der Waals surface area contributed by atoms with Gasteiger partial charge in [-0.1, -0.05) is 56.1 Å². The van der Waals surface area contributed by atoms with Crippen LogP contribution in [0.2, 0.25) is 0 Å². The molecule has 2 aromatic carbocycles. The Morgan fingerprint density at radius 1 is 1.12 bits per heavy atom. The highest BCUT2D eigenvalue weighted by Crippen LogP contribution is 2.17. The molecule has 5 nitrogen and oxygen atoms in total. The van der Waals surface area contributed by atoms with Crippen LogP contribution in [0.4, 0.5) is 0 Å². The molecule has 0 fully saturated rings. The molecule has 0 saturated heterocycles. The van der Waals surface area contributed by atoms with Crippen molar-refractivity contribution in [3.05, 3.63) is 85.0 Å². The lowest BCUT2D eigenvalue weighted by molar-refractivity contribution is 0.0948. The Bertz CT molecular complexity index is 951. The zero-order valence-electron chi connectivity index (χ0n) is 13.4. The van der Waals surface area contributed by atoms with Gasteiger partial charge in [0.05, 0.1) is 17.2 Å². The van der Waals surface area contributed by atoms with Crippen molar-refractivity contribution < 1.29 is 4.79 Å². The van der Waals surface area contributed by atoms with E-state index in [1.54, 1.807) is 17.1 Å². The second-order valence-electron chi connectivity index (χ2n) is 5.40. The largest absolute Gasteiger partial charge is 0.293 e. The Morgan fingerprint density at radius 2 is 1.88 bits per heavy atom. The molecule has 3 aromatic rings. The lowest BCUT2D eigenvalue weighted by atomic mass is 10.2. The zero-order valence-corrected chi connectivity index (χ0v) is 18.1. The number of hydrogen-bond donors (Lipinski definition) is 1. The highest BCUT2D eigenvalue weighted by molar-refractivity contribution is 9.11. The van der Waals surface area contributed by atoms with Crippen LogP contribution in [0.5, 0.6) is 0 Å². The number of nitrogens with one attached hydrogen (secondary N) is 1. The van der Waals surface area contributed by atoms with Gasteiger partial charge in [0, 0.05) is 15.1 Å². The topological polar surface area (TPSA) is 59.3 Å². The summed E-state index contributed by atoms with van der Waals surface area (Å²) in [6.07, 6.45) is 3.35. The van der Waals surface area contributed by atoms with E-state index in [9.17, 15) is 4.79 Å². The standard InChI is InChI=1S/C18H13Br3N4O/c19-14-6-4-12(5-7-14)10-25-11-16(21)17(24-25)18(26)23-22-9-13-2-1-3-15(20)8-13/h1-9,11H,10H2,(H,23,26)/b22-9-. The molecule has 1 heterocycles. The summed E-state index contributed by atoms with van der Waals surface area (Å²) in [5.74, 6) is -0.377. The van der Waals surface area contributed by atoms with Crippen LogP contribution in [-0.4, -0.2) is 21.9 Å². The van der Waals surface area contributed by atoms with Crippen LogP contribution in [0.1, 0.15) is 21.6 Å². The average Bonchev–Trinajstić information content (AvgIpc) is 2.97. The summed E-state index contributed by atoms with van der Waals surface area (Å²) < 4.78 is 4.29. The number of rotatable bonds is 5. The number of halogens is 3. The second kappa shape index (κ2) is 8.75. The fraction of sp³-hybridized carbons (Fsp3) is 0.0556. The predicted octanol–water partition coefficient (Wildman–Crippen LogP) is 4.98. The first kappa shape index (κ1) is 19.0.